The van der Waals surface area contributed by atoms with E-state index in [1.807, 2.05) is 31.3 Å². The third kappa shape index (κ3) is 5.86. The molecule has 7 nitrogen and oxygen atoms in total. The van der Waals surface area contributed by atoms with Gasteiger partial charge in [-0.05, 0) is 36.2 Å². The number of anilines is 1. The number of piperazine rings is 1. The second-order valence-corrected chi connectivity index (χ2v) is 8.61. The molecule has 0 spiro atoms. The number of hydrogen-bond donors (Lipinski definition) is 2. The number of aryl methyl sites for hydroxylation is 1. The predicted octanol–water partition coefficient (Wildman–Crippen LogP) is 5.80. The number of nitrogens with one attached hydrogen (secondary N) is 2. The minimum Gasteiger partial charge on any atom is -0.338 e. The highest BCUT2D eigenvalue weighted by atomic mass is 19.4. The summed E-state index contributed by atoms with van der Waals surface area (Å²) in [5.41, 5.74) is 0.0663. The lowest BCUT2D eigenvalue weighted by Gasteiger charge is -2.42. The number of halogens is 4. The molecule has 4 rings (SSSR count). The van der Waals surface area contributed by atoms with Crippen LogP contribution in [0.4, 0.5) is 33.7 Å². The molecule has 0 saturated carbocycles. The van der Waals surface area contributed by atoms with Crippen molar-refractivity contribution < 1.29 is 22.4 Å². The van der Waals surface area contributed by atoms with E-state index in [9.17, 15) is 27.6 Å². The van der Waals surface area contributed by atoms with Crippen LogP contribution >= 0.6 is 0 Å². The molecule has 196 valence electrons. The van der Waals surface area contributed by atoms with Crippen molar-refractivity contribution in [2.45, 2.75) is 19.1 Å². The maximum Gasteiger partial charge on any atom is 0.418 e. The molecule has 1 atom stereocenters. The van der Waals surface area contributed by atoms with Gasteiger partial charge in [-0.25, -0.2) is 14.2 Å². The molecule has 1 saturated heterocycles. The fourth-order valence-corrected chi connectivity index (χ4v) is 4.28. The monoisotopic (exact) mass is 524 g/mol. The van der Waals surface area contributed by atoms with Crippen LogP contribution < -0.4 is 10.6 Å². The molecule has 2 amide bonds. The third-order valence-electron chi connectivity index (χ3n) is 6.19. The number of aliphatic imine (C=N–C) groups is 1. The molecule has 1 heterocycles. The average Bonchev–Trinajstić information content (AvgIpc) is 2.90. The normalized spacial score (nSPS) is 16.1. The topological polar surface area (TPSA) is 83.8 Å². The summed E-state index contributed by atoms with van der Waals surface area (Å²) in [6.45, 7) is 2.36. The number of nitrogens with zero attached hydrogens (tertiary/aromatic N) is 4. The Kier molecular flexibility index (Phi) is 7.81. The molecule has 0 aliphatic carbocycles. The lowest BCUT2D eigenvalue weighted by Crippen LogP contribution is -2.55. The molecule has 3 aromatic rings. The number of nitriles is 1. The summed E-state index contributed by atoms with van der Waals surface area (Å²) in [4.78, 5) is 21.0. The largest absolute Gasteiger partial charge is 0.418 e. The van der Waals surface area contributed by atoms with Gasteiger partial charge in [0.2, 0.25) is 5.96 Å². The van der Waals surface area contributed by atoms with Crippen molar-refractivity contribution in [2.75, 3.05) is 25.0 Å². The van der Waals surface area contributed by atoms with Crippen molar-refractivity contribution in [3.63, 3.8) is 0 Å². The third-order valence-corrected chi connectivity index (χ3v) is 6.19. The van der Waals surface area contributed by atoms with Crippen molar-refractivity contribution in [1.82, 2.24) is 15.1 Å². The van der Waals surface area contributed by atoms with E-state index in [0.29, 0.717) is 17.3 Å². The van der Waals surface area contributed by atoms with E-state index < -0.39 is 35.3 Å². The molecule has 11 heteroatoms. The molecule has 1 unspecified atom stereocenters. The van der Waals surface area contributed by atoms with Gasteiger partial charge in [-0.2, -0.15) is 18.4 Å². The Balaban J connectivity index is 1.66. The molecular weight excluding hydrogens is 500 g/mol. The van der Waals surface area contributed by atoms with E-state index in [1.54, 1.807) is 41.3 Å². The lowest BCUT2D eigenvalue weighted by atomic mass is 10.0. The van der Waals surface area contributed by atoms with Crippen LogP contribution in [-0.4, -0.2) is 41.4 Å². The van der Waals surface area contributed by atoms with Crippen molar-refractivity contribution >= 4 is 23.4 Å². The van der Waals surface area contributed by atoms with Gasteiger partial charge in [-0.15, -0.1) is 0 Å². The predicted molar refractivity (Wildman–Crippen MR) is 135 cm³/mol. The second-order valence-electron chi connectivity index (χ2n) is 8.61. The summed E-state index contributed by atoms with van der Waals surface area (Å²) < 4.78 is 54.9. The zero-order chi connectivity index (χ0) is 27.3. The summed E-state index contributed by atoms with van der Waals surface area (Å²) >= 11 is 0. The van der Waals surface area contributed by atoms with E-state index in [1.165, 1.54) is 4.90 Å². The Bertz CT molecular complexity index is 1370. The maximum atomic E-state index is 14.4. The number of alkyl halides is 3. The summed E-state index contributed by atoms with van der Waals surface area (Å²) in [5.74, 6) is -0.912. The first kappa shape index (κ1) is 26.5. The highest BCUT2D eigenvalue weighted by molar-refractivity contribution is 5.91. The minimum atomic E-state index is -4.86. The van der Waals surface area contributed by atoms with Crippen molar-refractivity contribution in [3.05, 3.63) is 95.3 Å². The van der Waals surface area contributed by atoms with E-state index in [2.05, 4.69) is 15.6 Å². The molecule has 2 N–H and O–H groups in total. The minimum absolute atomic E-state index is 0.0705. The molecule has 0 bridgehead atoms. The van der Waals surface area contributed by atoms with Gasteiger partial charge in [0, 0.05) is 19.6 Å². The van der Waals surface area contributed by atoms with Gasteiger partial charge >= 0.3 is 12.2 Å². The van der Waals surface area contributed by atoms with Crippen LogP contribution in [0.1, 0.15) is 22.7 Å². The van der Waals surface area contributed by atoms with Gasteiger partial charge in [0.1, 0.15) is 5.82 Å². The van der Waals surface area contributed by atoms with E-state index in [4.69, 9.17) is 0 Å². The first-order valence-corrected chi connectivity index (χ1v) is 11.7. The molecule has 1 fully saturated rings. The number of para-hydroxylation sites is 2. The Morgan fingerprint density at radius 1 is 1.03 bits per heavy atom. The van der Waals surface area contributed by atoms with Gasteiger partial charge in [-0.1, -0.05) is 54.6 Å². The fraction of sp³-hybridized carbons (Fsp3) is 0.222. The van der Waals surface area contributed by atoms with E-state index >= 15 is 0 Å². The molecule has 3 aromatic carbocycles. The number of carbonyl (C=O) groups is 1. The van der Waals surface area contributed by atoms with Gasteiger partial charge in [0.15, 0.2) is 6.19 Å². The molecular formula is C27H24F4N6O. The summed E-state index contributed by atoms with van der Waals surface area (Å²) in [5, 5.41) is 14.1. The van der Waals surface area contributed by atoms with Crippen LogP contribution in [-0.2, 0) is 6.18 Å². The van der Waals surface area contributed by atoms with E-state index in [0.717, 1.165) is 17.7 Å². The summed E-state index contributed by atoms with van der Waals surface area (Å²) in [6, 6.07) is 17.3. The number of carbonyl (C=O) groups excluding carboxylic acids is 1. The first-order chi connectivity index (χ1) is 18.2. The van der Waals surface area contributed by atoms with Crippen LogP contribution in [0, 0.1) is 24.2 Å². The zero-order valence-corrected chi connectivity index (χ0v) is 20.3. The standard InChI is InChI=1S/C27H24F4N6O/c1-18-8-5-6-13-22(18)34-25(33-17-32)36-14-15-37(23(16-36)19-9-3-2-4-10-19)26(38)35-24-20(27(29,30)31)11-7-12-21(24)28/h2-13,23H,14-16H2,1H3,(H,33,34)(H,35,38). The lowest BCUT2D eigenvalue weighted by molar-refractivity contribution is -0.137. The van der Waals surface area contributed by atoms with Crippen LogP contribution in [0.25, 0.3) is 0 Å². The van der Waals surface area contributed by atoms with Crippen molar-refractivity contribution in [2.24, 2.45) is 4.99 Å². The number of urea groups is 1. The van der Waals surface area contributed by atoms with Gasteiger partial charge in [0.25, 0.3) is 0 Å². The Labute approximate surface area is 217 Å². The quantitative estimate of drug-likeness (QED) is 0.149. The maximum absolute atomic E-state index is 14.4. The first-order valence-electron chi connectivity index (χ1n) is 11.7. The number of hydrogen-bond acceptors (Lipinski definition) is 3. The number of benzene rings is 3. The van der Waals surface area contributed by atoms with Crippen molar-refractivity contribution in [1.29, 1.82) is 5.26 Å². The molecule has 0 aromatic heterocycles. The second kappa shape index (κ2) is 11.2. The Morgan fingerprint density at radius 2 is 1.74 bits per heavy atom. The number of guanidine groups is 1. The van der Waals surface area contributed by atoms with Gasteiger partial charge in [-0.3, -0.25) is 5.32 Å². The van der Waals surface area contributed by atoms with E-state index in [-0.39, 0.29) is 25.6 Å². The Hall–Kier alpha value is -4.59. The SMILES string of the molecule is Cc1ccccc1N=C(NC#N)N1CCN(C(=O)Nc2c(F)cccc2C(F)(F)F)C(c2ccccc2)C1. The van der Waals surface area contributed by atoms with Gasteiger partial charge in [0.05, 0.1) is 23.0 Å². The average molecular weight is 525 g/mol. The fourth-order valence-electron chi connectivity index (χ4n) is 4.28. The van der Waals surface area contributed by atoms with Crippen LogP contribution in [0.5, 0.6) is 0 Å². The molecule has 38 heavy (non-hydrogen) atoms. The highest BCUT2D eigenvalue weighted by Gasteiger charge is 2.37. The van der Waals surface area contributed by atoms with Crippen LogP contribution in [0.15, 0.2) is 77.8 Å². The zero-order valence-electron chi connectivity index (χ0n) is 20.3. The highest BCUT2D eigenvalue weighted by Crippen LogP contribution is 2.37. The molecule has 1 aliphatic heterocycles. The van der Waals surface area contributed by atoms with Crippen LogP contribution in [0.2, 0.25) is 0 Å². The summed E-state index contributed by atoms with van der Waals surface area (Å²) in [7, 11) is 0. The van der Waals surface area contributed by atoms with Gasteiger partial charge < -0.3 is 15.1 Å². The van der Waals surface area contributed by atoms with Crippen molar-refractivity contribution in [3.8, 4) is 6.19 Å². The smallest absolute Gasteiger partial charge is 0.338 e. The number of rotatable bonds is 3. The Morgan fingerprint density at radius 3 is 2.42 bits per heavy atom. The molecule has 1 aliphatic rings. The van der Waals surface area contributed by atoms with Crippen LogP contribution in [0.3, 0.4) is 0 Å². The molecule has 0 radical (unpaired) electrons. The summed E-state index contributed by atoms with van der Waals surface area (Å²) in [6.07, 6.45) is -2.97. The number of amides is 2.